The van der Waals surface area contributed by atoms with Crippen LogP contribution in [0.3, 0.4) is 0 Å². The second-order valence-electron chi connectivity index (χ2n) is 6.84. The maximum Gasteiger partial charge on any atom is 0.131 e. The molecule has 2 nitrogen and oxygen atoms in total. The first kappa shape index (κ1) is 13.2. The van der Waals surface area contributed by atoms with Gasteiger partial charge < -0.3 is 9.22 Å². The van der Waals surface area contributed by atoms with Gasteiger partial charge in [-0.3, -0.25) is 0 Å². The number of benzene rings is 2. The Morgan fingerprint density at radius 2 is 1.62 bits per heavy atom. The molecule has 0 aromatic heterocycles. The van der Waals surface area contributed by atoms with Crippen LogP contribution in [0.5, 0.6) is 11.5 Å². The third kappa shape index (κ3) is 2.14. The topological polar surface area (TPSA) is 9.23 Å². The van der Waals surface area contributed by atoms with Gasteiger partial charge in [0.1, 0.15) is 11.5 Å². The van der Waals surface area contributed by atoms with Crippen molar-refractivity contribution < 1.29 is 9.22 Å². The van der Waals surface area contributed by atoms with Crippen molar-refractivity contribution >= 4 is 11.6 Å². The Balaban J connectivity index is 1.94. The highest BCUT2D eigenvalue weighted by Gasteiger charge is 2.45. The van der Waals surface area contributed by atoms with Crippen LogP contribution in [0.2, 0.25) is 5.02 Å². The molecule has 1 saturated heterocycles. The standard InChI is InChI=1S/C18H19ClNO/c1-20(2)10-15-13-5-3-4-6-17(13)21-18-8-7-12(19)9-14(18)16(15)11-20/h3-9,15-16H,10-11H2,1-2H3/q+1. The Morgan fingerprint density at radius 3 is 2.43 bits per heavy atom. The molecule has 108 valence electrons. The van der Waals surface area contributed by atoms with Crippen LogP contribution >= 0.6 is 11.6 Å². The van der Waals surface area contributed by atoms with Gasteiger partial charge in [-0.25, -0.2) is 0 Å². The zero-order valence-corrected chi connectivity index (χ0v) is 13.1. The maximum atomic E-state index is 6.24. The average Bonchev–Trinajstić information content (AvgIpc) is 2.71. The first-order valence-corrected chi connectivity index (χ1v) is 7.79. The highest BCUT2D eigenvalue weighted by Crippen LogP contribution is 2.51. The van der Waals surface area contributed by atoms with Gasteiger partial charge in [-0.15, -0.1) is 0 Å². The van der Waals surface area contributed by atoms with Crippen LogP contribution in [0, 0.1) is 0 Å². The smallest absolute Gasteiger partial charge is 0.131 e. The number of nitrogens with zero attached hydrogens (tertiary/aromatic N) is 1. The molecule has 0 N–H and O–H groups in total. The van der Waals surface area contributed by atoms with Gasteiger partial charge >= 0.3 is 0 Å². The van der Waals surface area contributed by atoms with E-state index in [1.165, 1.54) is 11.1 Å². The molecule has 0 aliphatic carbocycles. The van der Waals surface area contributed by atoms with E-state index in [4.69, 9.17) is 16.3 Å². The Hall–Kier alpha value is -1.51. The zero-order valence-electron chi connectivity index (χ0n) is 12.3. The van der Waals surface area contributed by atoms with E-state index in [0.29, 0.717) is 11.8 Å². The molecule has 0 radical (unpaired) electrons. The van der Waals surface area contributed by atoms with Crippen molar-refractivity contribution in [3.05, 3.63) is 58.6 Å². The fraction of sp³-hybridized carbons (Fsp3) is 0.333. The Kier molecular flexibility index (Phi) is 2.82. The van der Waals surface area contributed by atoms with Gasteiger partial charge in [0.2, 0.25) is 0 Å². The monoisotopic (exact) mass is 300 g/mol. The van der Waals surface area contributed by atoms with E-state index in [-0.39, 0.29) is 0 Å². The second kappa shape index (κ2) is 4.49. The summed E-state index contributed by atoms with van der Waals surface area (Å²) in [5.41, 5.74) is 2.59. The van der Waals surface area contributed by atoms with Gasteiger partial charge in [-0.2, -0.15) is 0 Å². The molecular formula is C18H19ClNO+. The van der Waals surface area contributed by atoms with Gasteiger partial charge in [-0.05, 0) is 24.3 Å². The number of rotatable bonds is 0. The van der Waals surface area contributed by atoms with Crippen molar-refractivity contribution in [2.24, 2.45) is 0 Å². The molecule has 0 spiro atoms. The molecule has 21 heavy (non-hydrogen) atoms. The minimum Gasteiger partial charge on any atom is -0.457 e. The third-order valence-electron chi connectivity index (χ3n) is 4.78. The molecule has 4 rings (SSSR count). The zero-order chi connectivity index (χ0) is 14.6. The van der Waals surface area contributed by atoms with Crippen molar-refractivity contribution in [3.8, 4) is 11.5 Å². The molecule has 2 aliphatic heterocycles. The molecule has 2 aromatic carbocycles. The van der Waals surface area contributed by atoms with Crippen LogP contribution in [0.1, 0.15) is 23.0 Å². The van der Waals surface area contributed by atoms with Crippen LogP contribution in [-0.4, -0.2) is 31.7 Å². The summed E-state index contributed by atoms with van der Waals surface area (Å²) in [6.45, 7) is 2.26. The predicted molar refractivity (Wildman–Crippen MR) is 85.3 cm³/mol. The third-order valence-corrected chi connectivity index (χ3v) is 5.01. The molecule has 0 amide bonds. The summed E-state index contributed by atoms with van der Waals surface area (Å²) in [7, 11) is 4.62. The normalized spacial score (nSPS) is 25.3. The molecule has 2 aliphatic rings. The summed E-state index contributed by atoms with van der Waals surface area (Å²) in [6, 6.07) is 14.5. The Labute approximate surface area is 130 Å². The van der Waals surface area contributed by atoms with Crippen molar-refractivity contribution in [3.63, 3.8) is 0 Å². The van der Waals surface area contributed by atoms with E-state index in [0.717, 1.165) is 34.1 Å². The Bertz CT molecular complexity index is 710. The van der Waals surface area contributed by atoms with Crippen molar-refractivity contribution in [2.45, 2.75) is 11.8 Å². The van der Waals surface area contributed by atoms with Crippen molar-refractivity contribution in [2.75, 3.05) is 27.2 Å². The molecular weight excluding hydrogens is 282 g/mol. The van der Waals surface area contributed by atoms with Gasteiger partial charge in [0.05, 0.1) is 27.2 Å². The number of quaternary nitrogens is 1. The highest BCUT2D eigenvalue weighted by molar-refractivity contribution is 6.30. The summed E-state index contributed by atoms with van der Waals surface area (Å²) in [4.78, 5) is 0. The summed E-state index contributed by atoms with van der Waals surface area (Å²) in [5.74, 6) is 2.92. The van der Waals surface area contributed by atoms with Gasteiger partial charge in [0, 0.05) is 28.0 Å². The number of para-hydroxylation sites is 1. The number of ether oxygens (including phenoxy) is 1. The molecule has 0 bridgehead atoms. The van der Waals surface area contributed by atoms with Crippen LogP contribution < -0.4 is 4.74 Å². The number of likely N-dealkylation sites (tertiary alicyclic amines) is 1. The fourth-order valence-corrected chi connectivity index (χ4v) is 4.10. The number of hydrogen-bond donors (Lipinski definition) is 0. The van der Waals surface area contributed by atoms with Crippen LogP contribution in [0.4, 0.5) is 0 Å². The largest absolute Gasteiger partial charge is 0.457 e. The second-order valence-corrected chi connectivity index (χ2v) is 7.27. The summed E-state index contributed by atoms with van der Waals surface area (Å²) < 4.78 is 7.23. The SMILES string of the molecule is C[N+]1(C)CC2c3ccccc3Oc3ccc(Cl)cc3C2C1. The van der Waals surface area contributed by atoms with E-state index in [2.05, 4.69) is 38.4 Å². The maximum absolute atomic E-state index is 6.24. The van der Waals surface area contributed by atoms with Crippen molar-refractivity contribution in [1.82, 2.24) is 0 Å². The van der Waals surface area contributed by atoms with Gasteiger partial charge in [0.15, 0.2) is 0 Å². The molecule has 2 unspecified atom stereocenters. The Morgan fingerprint density at radius 1 is 0.952 bits per heavy atom. The van der Waals surface area contributed by atoms with Crippen LogP contribution in [-0.2, 0) is 0 Å². The van der Waals surface area contributed by atoms with Gasteiger partial charge in [-0.1, -0.05) is 29.8 Å². The molecule has 1 fully saturated rings. The van der Waals surface area contributed by atoms with E-state index in [1.54, 1.807) is 0 Å². The van der Waals surface area contributed by atoms with Crippen LogP contribution in [0.25, 0.3) is 0 Å². The fourth-order valence-electron chi connectivity index (χ4n) is 3.92. The number of halogens is 1. The van der Waals surface area contributed by atoms with Crippen molar-refractivity contribution in [1.29, 1.82) is 0 Å². The first-order valence-electron chi connectivity index (χ1n) is 7.42. The number of hydrogen-bond acceptors (Lipinski definition) is 1. The lowest BCUT2D eigenvalue weighted by atomic mass is 9.84. The minimum absolute atomic E-state index is 0.470. The molecule has 2 atom stereocenters. The summed E-state index contributed by atoms with van der Waals surface area (Å²) in [6.07, 6.45) is 0. The molecule has 3 heteroatoms. The lowest BCUT2D eigenvalue weighted by molar-refractivity contribution is -0.879. The molecule has 2 heterocycles. The quantitative estimate of drug-likeness (QED) is 0.655. The lowest BCUT2D eigenvalue weighted by Crippen LogP contribution is -2.36. The predicted octanol–water partition coefficient (Wildman–Crippen LogP) is 4.40. The first-order chi connectivity index (χ1) is 10.0. The lowest BCUT2D eigenvalue weighted by Gasteiger charge is -2.24. The number of fused-ring (bicyclic) bond motifs is 5. The average molecular weight is 301 g/mol. The van der Waals surface area contributed by atoms with E-state index in [9.17, 15) is 0 Å². The molecule has 0 saturated carbocycles. The highest BCUT2D eigenvalue weighted by atomic mass is 35.5. The van der Waals surface area contributed by atoms with Gasteiger partial charge in [0.25, 0.3) is 0 Å². The van der Waals surface area contributed by atoms with E-state index in [1.807, 2.05) is 18.2 Å². The van der Waals surface area contributed by atoms with Crippen LogP contribution in [0.15, 0.2) is 42.5 Å². The summed E-state index contributed by atoms with van der Waals surface area (Å²) >= 11 is 6.24. The summed E-state index contributed by atoms with van der Waals surface area (Å²) in [5, 5.41) is 0.791. The minimum atomic E-state index is 0.470. The number of likely N-dealkylation sites (N-methyl/N-ethyl adjacent to an activating group) is 1. The molecule has 2 aromatic rings. The van der Waals surface area contributed by atoms with E-state index < -0.39 is 0 Å². The van der Waals surface area contributed by atoms with E-state index >= 15 is 0 Å².